The fraction of sp³-hybridized carbons (Fsp3) is 0.619. The Morgan fingerprint density at radius 2 is 1.34 bits per heavy atom. The van der Waals surface area contributed by atoms with Crippen LogP contribution in [-0.2, 0) is 71.5 Å². The van der Waals surface area contributed by atoms with E-state index in [-0.39, 0.29) is 12.2 Å². The second-order valence-corrected chi connectivity index (χ2v) is 16.0. The Hall–Kier alpha value is -5.12. The maximum absolute atomic E-state index is 15.3. The summed E-state index contributed by atoms with van der Waals surface area (Å²) in [5, 5.41) is 0. The summed E-state index contributed by atoms with van der Waals surface area (Å²) in [6.07, 6.45) is -6.53. The van der Waals surface area contributed by atoms with Crippen LogP contribution < -0.4 is 0 Å². The molecule has 1 saturated carbocycles. The van der Waals surface area contributed by atoms with Crippen molar-refractivity contribution in [2.75, 3.05) is 6.61 Å². The summed E-state index contributed by atoms with van der Waals surface area (Å²) in [6.45, 7) is 13.3. The van der Waals surface area contributed by atoms with Gasteiger partial charge in [0, 0.05) is 71.8 Å². The van der Waals surface area contributed by atoms with Crippen molar-refractivity contribution in [3.8, 4) is 0 Å². The SMILES string of the molecule is CCCO[C@@H]1[C@@H](OC(C)=O)[C@@H](OC(C)=O)C(C)(C)C=C[C@H](C)C(=O)[C@@]2(OC(C)=O)C[C@@](C)(OC(C)=O)[C@H](OC(C)=O)[C@@H]2[C@H]2OC(=O)CC[C@@]12OC(=O)c1ccccc1. The van der Waals surface area contributed by atoms with Gasteiger partial charge in [0.2, 0.25) is 0 Å². The smallest absolute Gasteiger partial charge is 0.338 e. The molecule has 0 amide bonds. The number of benzene rings is 1. The maximum atomic E-state index is 15.3. The van der Waals surface area contributed by atoms with Crippen LogP contribution in [0.4, 0.5) is 0 Å². The van der Waals surface area contributed by atoms with E-state index in [1.54, 1.807) is 45.0 Å². The molecule has 1 heterocycles. The molecule has 0 bridgehead atoms. The molecule has 2 aliphatic carbocycles. The van der Waals surface area contributed by atoms with Crippen LogP contribution in [-0.4, -0.2) is 101 Å². The van der Waals surface area contributed by atoms with E-state index in [0.717, 1.165) is 34.6 Å². The predicted octanol–water partition coefficient (Wildman–Crippen LogP) is 4.32. The molecule has 1 aromatic rings. The summed E-state index contributed by atoms with van der Waals surface area (Å²) in [6, 6.07) is 7.74. The van der Waals surface area contributed by atoms with Gasteiger partial charge in [0.25, 0.3) is 0 Å². The molecule has 58 heavy (non-hydrogen) atoms. The molecule has 2 fully saturated rings. The van der Waals surface area contributed by atoms with E-state index in [1.165, 1.54) is 32.1 Å². The van der Waals surface area contributed by atoms with Crippen molar-refractivity contribution in [1.29, 1.82) is 0 Å². The van der Waals surface area contributed by atoms with Crippen LogP contribution in [0.25, 0.3) is 0 Å². The first-order valence-electron chi connectivity index (χ1n) is 19.3. The molecule has 16 heteroatoms. The largest absolute Gasteiger partial charge is 0.458 e. The number of hydrogen-bond acceptors (Lipinski definition) is 16. The van der Waals surface area contributed by atoms with Crippen molar-refractivity contribution in [2.45, 2.75) is 142 Å². The van der Waals surface area contributed by atoms with Crippen molar-refractivity contribution < 1.29 is 76.3 Å². The summed E-state index contributed by atoms with van der Waals surface area (Å²) in [4.78, 5) is 109. The van der Waals surface area contributed by atoms with E-state index in [0.29, 0.717) is 6.42 Å². The molecule has 16 nitrogen and oxygen atoms in total. The molecule has 0 unspecified atom stereocenters. The van der Waals surface area contributed by atoms with Gasteiger partial charge in [-0.3, -0.25) is 33.6 Å². The minimum atomic E-state index is -2.43. The van der Waals surface area contributed by atoms with Crippen LogP contribution in [0.15, 0.2) is 42.5 Å². The van der Waals surface area contributed by atoms with Gasteiger partial charge in [-0.25, -0.2) is 4.79 Å². The molecule has 1 aromatic carbocycles. The Balaban J connectivity index is 2.30. The Labute approximate surface area is 337 Å². The van der Waals surface area contributed by atoms with E-state index in [4.69, 9.17) is 37.9 Å². The summed E-state index contributed by atoms with van der Waals surface area (Å²) >= 11 is 0. The lowest BCUT2D eigenvalue weighted by Gasteiger charge is -2.54. The summed E-state index contributed by atoms with van der Waals surface area (Å²) in [7, 11) is 0. The van der Waals surface area contributed by atoms with Gasteiger partial charge in [-0.05, 0) is 25.5 Å². The lowest BCUT2D eigenvalue weighted by Crippen LogP contribution is -2.71. The highest BCUT2D eigenvalue weighted by Crippen LogP contribution is 2.57. The number of carbonyl (C=O) groups is 8. The number of ether oxygens (including phenoxy) is 8. The summed E-state index contributed by atoms with van der Waals surface area (Å²) in [5.74, 6) is -9.98. The summed E-state index contributed by atoms with van der Waals surface area (Å²) in [5.41, 5.74) is -8.00. The van der Waals surface area contributed by atoms with Gasteiger partial charge in [0.15, 0.2) is 40.9 Å². The first-order chi connectivity index (χ1) is 27.0. The number of rotatable bonds is 10. The molecule has 4 rings (SSSR count). The molecule has 318 valence electrons. The average molecular weight is 815 g/mol. The first kappa shape index (κ1) is 45.6. The molecule has 0 aromatic heterocycles. The topological polar surface area (TPSA) is 210 Å². The zero-order chi connectivity index (χ0) is 43.4. The Morgan fingerprint density at radius 3 is 1.90 bits per heavy atom. The maximum Gasteiger partial charge on any atom is 0.338 e. The Morgan fingerprint density at radius 1 is 0.759 bits per heavy atom. The van der Waals surface area contributed by atoms with Crippen LogP contribution in [0, 0.1) is 17.3 Å². The van der Waals surface area contributed by atoms with Crippen LogP contribution >= 0.6 is 0 Å². The Bertz CT molecular complexity index is 1800. The number of hydrogen-bond donors (Lipinski definition) is 0. The average Bonchev–Trinajstić information content (AvgIpc) is 3.34. The highest BCUT2D eigenvalue weighted by molar-refractivity contribution is 5.94. The molecule has 3 aliphatic rings. The van der Waals surface area contributed by atoms with E-state index in [9.17, 15) is 33.6 Å². The zero-order valence-electron chi connectivity index (χ0n) is 34.7. The van der Waals surface area contributed by atoms with E-state index in [1.807, 2.05) is 0 Å². The van der Waals surface area contributed by atoms with Crippen LogP contribution in [0.3, 0.4) is 0 Å². The van der Waals surface area contributed by atoms with E-state index < -0.39 is 131 Å². The van der Waals surface area contributed by atoms with Crippen molar-refractivity contribution in [3.63, 3.8) is 0 Å². The highest BCUT2D eigenvalue weighted by Gasteiger charge is 2.76. The zero-order valence-corrected chi connectivity index (χ0v) is 34.7. The quantitative estimate of drug-likeness (QED) is 0.183. The van der Waals surface area contributed by atoms with Gasteiger partial charge in [-0.2, -0.15) is 0 Å². The standard InChI is InChI=1S/C42H54O16/c1-11-21-51-37-32(52-24(3)43)36(54-26(5)45)39(8,9)19-17-23(2)33(49)42(57-28(7)47)22-40(10,56-27(6)46)34(53-25(4)44)31(42)35-41(37,20-18-30(48)55-35)58-38(50)29-15-13-12-14-16-29/h12-17,19,23,31-32,34-37H,11,18,20-22H2,1-10H3/t23-,31+,32-,34+,35+,36+,37+,40+,41-,42+/m0/s1. The number of Topliss-reactive ketones (excluding diaryl/α,β-unsaturated/α-hetero) is 1. The van der Waals surface area contributed by atoms with Gasteiger partial charge >= 0.3 is 41.8 Å². The minimum Gasteiger partial charge on any atom is -0.458 e. The fourth-order valence-electron chi connectivity index (χ4n) is 8.64. The summed E-state index contributed by atoms with van der Waals surface area (Å²) < 4.78 is 49.4. The van der Waals surface area contributed by atoms with Gasteiger partial charge < -0.3 is 37.9 Å². The fourth-order valence-corrected chi connectivity index (χ4v) is 8.64. The van der Waals surface area contributed by atoms with Crippen molar-refractivity contribution in [3.05, 3.63) is 48.0 Å². The Kier molecular flexibility index (Phi) is 14.0. The van der Waals surface area contributed by atoms with Crippen molar-refractivity contribution in [1.82, 2.24) is 0 Å². The molecule has 1 saturated heterocycles. The number of ketones is 1. The lowest BCUT2D eigenvalue weighted by atomic mass is 9.66. The second-order valence-electron chi connectivity index (χ2n) is 16.0. The number of esters is 7. The third kappa shape index (κ3) is 9.43. The third-order valence-electron chi connectivity index (χ3n) is 10.7. The van der Waals surface area contributed by atoms with Gasteiger partial charge in [0.1, 0.15) is 12.2 Å². The predicted molar refractivity (Wildman–Crippen MR) is 200 cm³/mol. The number of allylic oxidation sites excluding steroid dienone is 1. The van der Waals surface area contributed by atoms with Crippen LogP contribution in [0.1, 0.15) is 105 Å². The lowest BCUT2D eigenvalue weighted by molar-refractivity contribution is -0.268. The van der Waals surface area contributed by atoms with E-state index in [2.05, 4.69) is 0 Å². The van der Waals surface area contributed by atoms with Crippen molar-refractivity contribution >= 4 is 47.6 Å². The van der Waals surface area contributed by atoms with Gasteiger partial charge in [0.05, 0.1) is 11.5 Å². The van der Waals surface area contributed by atoms with E-state index >= 15 is 4.79 Å². The molecule has 10 atom stereocenters. The molecule has 1 aliphatic heterocycles. The van der Waals surface area contributed by atoms with Crippen molar-refractivity contribution in [2.24, 2.45) is 17.3 Å². The highest BCUT2D eigenvalue weighted by atomic mass is 16.7. The molecule has 0 N–H and O–H groups in total. The third-order valence-corrected chi connectivity index (χ3v) is 10.7. The minimum absolute atomic E-state index is 0.0281. The molecule has 0 spiro atoms. The molecular weight excluding hydrogens is 760 g/mol. The second kappa shape index (κ2) is 17.8. The van der Waals surface area contributed by atoms with Crippen LogP contribution in [0.2, 0.25) is 0 Å². The normalized spacial score (nSPS) is 33.0. The van der Waals surface area contributed by atoms with Gasteiger partial charge in [-0.15, -0.1) is 0 Å². The van der Waals surface area contributed by atoms with Crippen LogP contribution in [0.5, 0.6) is 0 Å². The number of fused-ring (bicyclic) bond motifs is 3. The monoisotopic (exact) mass is 814 g/mol. The molecular formula is C42H54O16. The number of carbonyl (C=O) groups excluding carboxylic acids is 8. The van der Waals surface area contributed by atoms with Gasteiger partial charge in [-0.1, -0.05) is 58.0 Å². The molecule has 0 radical (unpaired) electrons. The first-order valence-corrected chi connectivity index (χ1v) is 19.3.